The molecule has 1 fully saturated rings. The summed E-state index contributed by atoms with van der Waals surface area (Å²) < 4.78 is 0. The first-order valence-corrected chi connectivity index (χ1v) is 8.52. The third-order valence-electron chi connectivity index (χ3n) is 4.56. The monoisotopic (exact) mass is 341 g/mol. The van der Waals surface area contributed by atoms with E-state index in [1.165, 1.54) is 11.6 Å². The Morgan fingerprint density at radius 2 is 1.92 bits per heavy atom. The lowest BCUT2D eigenvalue weighted by Gasteiger charge is -2.24. The number of non-ortho nitro benzene ring substituents is 1. The Bertz CT molecular complexity index is 708. The Morgan fingerprint density at radius 3 is 2.68 bits per heavy atom. The maximum absolute atomic E-state index is 10.8. The van der Waals surface area contributed by atoms with Crippen LogP contribution in [0.25, 0.3) is 0 Å². The fourth-order valence-corrected chi connectivity index (χ4v) is 3.34. The van der Waals surface area contributed by atoms with Gasteiger partial charge in [0.2, 0.25) is 0 Å². The van der Waals surface area contributed by atoms with Crippen molar-refractivity contribution in [2.24, 2.45) is 0 Å². The topological polar surface area (TPSA) is 78.6 Å². The van der Waals surface area contributed by atoms with Gasteiger partial charge in [0.05, 0.1) is 11.0 Å². The van der Waals surface area contributed by atoms with E-state index < -0.39 is 0 Å². The van der Waals surface area contributed by atoms with Gasteiger partial charge in [-0.1, -0.05) is 42.5 Å². The summed E-state index contributed by atoms with van der Waals surface area (Å²) in [6, 6.07) is 17.2. The molecule has 0 radical (unpaired) electrons. The number of benzene rings is 2. The number of β-amino-alcohol motifs (C(OH)–C–C–N with tert-alkyl or cyclic N) is 1. The minimum Gasteiger partial charge on any atom is -0.392 e. The van der Waals surface area contributed by atoms with Crippen molar-refractivity contribution in [3.8, 4) is 0 Å². The van der Waals surface area contributed by atoms with Gasteiger partial charge in [-0.3, -0.25) is 15.0 Å². The highest BCUT2D eigenvalue weighted by molar-refractivity contribution is 5.34. The van der Waals surface area contributed by atoms with Crippen molar-refractivity contribution >= 4 is 5.69 Å². The van der Waals surface area contributed by atoms with Gasteiger partial charge in [-0.25, -0.2) is 0 Å². The number of aliphatic hydroxyl groups is 1. The molecule has 0 amide bonds. The second-order valence-electron chi connectivity index (χ2n) is 6.52. The van der Waals surface area contributed by atoms with Gasteiger partial charge in [0.25, 0.3) is 5.69 Å². The van der Waals surface area contributed by atoms with E-state index >= 15 is 0 Å². The second-order valence-corrected chi connectivity index (χ2v) is 6.52. The first kappa shape index (κ1) is 17.5. The Morgan fingerprint density at radius 1 is 1.16 bits per heavy atom. The van der Waals surface area contributed by atoms with Crippen molar-refractivity contribution in [3.63, 3.8) is 0 Å². The molecule has 25 heavy (non-hydrogen) atoms. The third-order valence-corrected chi connectivity index (χ3v) is 4.56. The fourth-order valence-electron chi connectivity index (χ4n) is 3.34. The molecule has 0 aromatic heterocycles. The number of nitrogens with zero attached hydrogens (tertiary/aromatic N) is 2. The first-order chi connectivity index (χ1) is 12.1. The summed E-state index contributed by atoms with van der Waals surface area (Å²) in [5.41, 5.74) is 2.24. The number of nitro groups is 1. The van der Waals surface area contributed by atoms with Gasteiger partial charge in [0, 0.05) is 44.4 Å². The Balaban J connectivity index is 1.54. The zero-order valence-corrected chi connectivity index (χ0v) is 14.0. The van der Waals surface area contributed by atoms with Crippen LogP contribution < -0.4 is 5.32 Å². The molecule has 1 heterocycles. The number of nitro benzene ring substituents is 1. The minimum absolute atomic E-state index is 0.112. The highest BCUT2D eigenvalue weighted by atomic mass is 16.6. The lowest BCUT2D eigenvalue weighted by atomic mass is 10.1. The summed E-state index contributed by atoms with van der Waals surface area (Å²) in [5, 5.41) is 24.2. The molecule has 2 unspecified atom stereocenters. The molecule has 0 saturated carbocycles. The number of nitrogens with one attached hydrogen (secondary N) is 1. The molecule has 2 aromatic carbocycles. The number of likely N-dealkylation sites (tertiary alicyclic amines) is 1. The fraction of sp³-hybridized carbons (Fsp3) is 0.368. The van der Waals surface area contributed by atoms with E-state index in [1.54, 1.807) is 12.1 Å². The molecule has 1 aliphatic heterocycles. The smallest absolute Gasteiger partial charge is 0.269 e. The Labute approximate surface area is 147 Å². The molecule has 0 spiro atoms. The zero-order chi connectivity index (χ0) is 17.6. The van der Waals surface area contributed by atoms with Crippen LogP contribution in [0.4, 0.5) is 5.69 Å². The maximum atomic E-state index is 10.8. The summed E-state index contributed by atoms with van der Waals surface area (Å²) in [5.74, 6) is 0. The van der Waals surface area contributed by atoms with E-state index in [4.69, 9.17) is 0 Å². The van der Waals surface area contributed by atoms with E-state index in [0.717, 1.165) is 25.1 Å². The van der Waals surface area contributed by atoms with Gasteiger partial charge in [-0.2, -0.15) is 0 Å². The van der Waals surface area contributed by atoms with Crippen molar-refractivity contribution < 1.29 is 10.0 Å². The van der Waals surface area contributed by atoms with E-state index in [1.807, 2.05) is 24.3 Å². The van der Waals surface area contributed by atoms with Crippen molar-refractivity contribution in [1.29, 1.82) is 0 Å². The quantitative estimate of drug-likeness (QED) is 0.597. The van der Waals surface area contributed by atoms with Gasteiger partial charge >= 0.3 is 0 Å². The molecule has 3 rings (SSSR count). The second kappa shape index (κ2) is 8.20. The van der Waals surface area contributed by atoms with Crippen molar-refractivity contribution in [1.82, 2.24) is 10.2 Å². The van der Waals surface area contributed by atoms with Crippen LogP contribution in [0.2, 0.25) is 0 Å². The summed E-state index contributed by atoms with van der Waals surface area (Å²) in [6.45, 7) is 2.82. The molecule has 1 aliphatic rings. The highest BCUT2D eigenvalue weighted by Crippen LogP contribution is 2.20. The van der Waals surface area contributed by atoms with Crippen molar-refractivity contribution in [2.75, 3.05) is 13.1 Å². The summed E-state index contributed by atoms with van der Waals surface area (Å²) in [6.07, 6.45) is 0.447. The molecule has 0 bridgehead atoms. The number of rotatable bonds is 7. The van der Waals surface area contributed by atoms with Crippen LogP contribution in [-0.4, -0.2) is 40.2 Å². The van der Waals surface area contributed by atoms with Crippen LogP contribution in [0.15, 0.2) is 54.6 Å². The van der Waals surface area contributed by atoms with Crippen molar-refractivity contribution in [3.05, 3.63) is 75.8 Å². The lowest BCUT2D eigenvalue weighted by molar-refractivity contribution is -0.384. The minimum atomic E-state index is -0.377. The van der Waals surface area contributed by atoms with Crippen LogP contribution in [0.3, 0.4) is 0 Å². The van der Waals surface area contributed by atoms with E-state index in [0.29, 0.717) is 13.1 Å². The predicted octanol–water partition coefficient (Wildman–Crippen LogP) is 2.32. The van der Waals surface area contributed by atoms with Gasteiger partial charge in [-0.05, 0) is 17.5 Å². The number of aliphatic hydroxyl groups excluding tert-OH is 1. The average Bonchev–Trinajstić information content (AvgIpc) is 2.95. The van der Waals surface area contributed by atoms with E-state index in [2.05, 4.69) is 22.3 Å². The van der Waals surface area contributed by atoms with Crippen LogP contribution in [0.1, 0.15) is 17.5 Å². The molecule has 6 nitrogen and oxygen atoms in total. The lowest BCUT2D eigenvalue weighted by Crippen LogP contribution is -2.37. The Hall–Kier alpha value is -2.28. The molecule has 132 valence electrons. The molecule has 2 aromatic rings. The maximum Gasteiger partial charge on any atom is 0.269 e. The van der Waals surface area contributed by atoms with Crippen LogP contribution in [0.5, 0.6) is 0 Å². The van der Waals surface area contributed by atoms with Gasteiger partial charge in [0.1, 0.15) is 0 Å². The molecular formula is C19H23N3O3. The molecular weight excluding hydrogens is 318 g/mol. The van der Waals surface area contributed by atoms with E-state index in [9.17, 15) is 15.2 Å². The molecule has 0 aliphatic carbocycles. The number of hydrogen-bond acceptors (Lipinski definition) is 5. The van der Waals surface area contributed by atoms with Crippen LogP contribution in [0, 0.1) is 10.1 Å². The summed E-state index contributed by atoms with van der Waals surface area (Å²) in [7, 11) is 0. The van der Waals surface area contributed by atoms with Crippen molar-refractivity contribution in [2.45, 2.75) is 31.7 Å². The van der Waals surface area contributed by atoms with Gasteiger partial charge < -0.3 is 10.4 Å². The van der Waals surface area contributed by atoms with Crippen LogP contribution >= 0.6 is 0 Å². The SMILES string of the molecule is O=[N+]([O-])c1cccc(CNCC2CC(O)CN2Cc2ccccc2)c1. The largest absolute Gasteiger partial charge is 0.392 e. The Kier molecular flexibility index (Phi) is 5.75. The zero-order valence-electron chi connectivity index (χ0n) is 14.0. The summed E-state index contributed by atoms with van der Waals surface area (Å²) in [4.78, 5) is 12.8. The van der Waals surface area contributed by atoms with Gasteiger partial charge in [0.15, 0.2) is 0 Å². The first-order valence-electron chi connectivity index (χ1n) is 8.52. The predicted molar refractivity (Wildman–Crippen MR) is 96.1 cm³/mol. The van der Waals surface area contributed by atoms with Gasteiger partial charge in [-0.15, -0.1) is 0 Å². The summed E-state index contributed by atoms with van der Waals surface area (Å²) >= 11 is 0. The normalized spacial score (nSPS) is 20.7. The molecule has 2 atom stereocenters. The average molecular weight is 341 g/mol. The standard InChI is InChI=1S/C19H23N3O3/c23-19-10-18(21(14-19)13-15-5-2-1-3-6-15)12-20-11-16-7-4-8-17(9-16)22(24)25/h1-9,18-20,23H,10-14H2. The van der Waals surface area contributed by atoms with Crippen LogP contribution in [-0.2, 0) is 13.1 Å². The number of hydrogen-bond donors (Lipinski definition) is 2. The molecule has 6 heteroatoms. The third kappa shape index (κ3) is 4.85. The van der Waals surface area contributed by atoms with E-state index in [-0.39, 0.29) is 22.8 Å². The highest BCUT2D eigenvalue weighted by Gasteiger charge is 2.30. The molecule has 1 saturated heterocycles. The molecule has 2 N–H and O–H groups in total.